The van der Waals surface area contributed by atoms with E-state index in [1.807, 2.05) is 0 Å². The van der Waals surface area contributed by atoms with Gasteiger partial charge in [0, 0.05) is 41.9 Å². The highest BCUT2D eigenvalue weighted by Crippen LogP contribution is 2.33. The van der Waals surface area contributed by atoms with Crippen molar-refractivity contribution in [3.8, 4) is 22.9 Å². The Morgan fingerprint density at radius 2 is 1.74 bits per heavy atom. The van der Waals surface area contributed by atoms with Crippen LogP contribution in [0.15, 0.2) is 83.8 Å². The van der Waals surface area contributed by atoms with Gasteiger partial charge in [-0.2, -0.15) is 8.42 Å². The van der Waals surface area contributed by atoms with Crippen molar-refractivity contribution in [3.63, 3.8) is 0 Å². The molecule has 0 fully saturated rings. The average molecular weight is 710 g/mol. The number of benzene rings is 3. The standard InChI is InChI=1S/C33H32FN5O6.CH4O3S/c1-19(33(3,35)32(42)43)18-38-20(2)29(31(41)39(38)22-8-6-5-7-9-22)30(40)37-21-10-13-28(25(34)16-21)45-27-14-15-36-26-17-23(44-4)11-12-24(26)27;1-5(2,3)4/h5-17,19H,18,35H2,1-4H3,(H,37,40)(H,42,43);1H3,(H,2,3,4)/t19-,33+;/m1./s1. The summed E-state index contributed by atoms with van der Waals surface area (Å²) >= 11 is 0. The van der Waals surface area contributed by atoms with Gasteiger partial charge in [-0.1, -0.05) is 25.1 Å². The van der Waals surface area contributed by atoms with Gasteiger partial charge in [0.15, 0.2) is 11.6 Å². The maximum atomic E-state index is 15.2. The molecule has 0 spiro atoms. The van der Waals surface area contributed by atoms with E-state index in [-0.39, 0.29) is 29.2 Å². The summed E-state index contributed by atoms with van der Waals surface area (Å²) in [4.78, 5) is 43.3. The van der Waals surface area contributed by atoms with Crippen molar-refractivity contribution >= 4 is 38.6 Å². The number of nitrogens with two attached hydrogens (primary N) is 1. The third kappa shape index (κ3) is 8.52. The number of hydrogen-bond acceptors (Lipinski definition) is 9. The van der Waals surface area contributed by atoms with Crippen LogP contribution < -0.4 is 26.1 Å². The molecule has 2 aromatic heterocycles. The number of anilines is 1. The number of carboxylic acid groups (broad SMARTS) is 1. The number of nitrogens with one attached hydrogen (secondary N) is 1. The topological polar surface area (TPSA) is 205 Å². The number of carbonyl (C=O) groups excluding carboxylic acids is 1. The molecule has 0 aliphatic heterocycles. The summed E-state index contributed by atoms with van der Waals surface area (Å²) in [6.45, 7) is 4.67. The number of aliphatic carboxylic acids is 1. The first kappa shape index (κ1) is 37.2. The number of carbonyl (C=O) groups is 2. The van der Waals surface area contributed by atoms with Gasteiger partial charge in [-0.25, -0.2) is 9.07 Å². The van der Waals surface area contributed by atoms with Crippen LogP contribution in [0.1, 0.15) is 29.9 Å². The molecule has 50 heavy (non-hydrogen) atoms. The van der Waals surface area contributed by atoms with E-state index in [9.17, 15) is 27.9 Å². The highest BCUT2D eigenvalue weighted by molar-refractivity contribution is 7.85. The summed E-state index contributed by atoms with van der Waals surface area (Å²) in [5.74, 6) is -2.42. The minimum absolute atomic E-state index is 0.0275. The van der Waals surface area contributed by atoms with Crippen LogP contribution in [0, 0.1) is 18.7 Å². The lowest BCUT2D eigenvalue weighted by Gasteiger charge is -2.28. The Hall–Kier alpha value is -5.58. The zero-order valence-corrected chi connectivity index (χ0v) is 28.6. The van der Waals surface area contributed by atoms with Gasteiger partial charge in [-0.3, -0.25) is 28.6 Å². The fourth-order valence-corrected chi connectivity index (χ4v) is 4.91. The first-order valence-corrected chi connectivity index (χ1v) is 16.8. The van der Waals surface area contributed by atoms with Crippen LogP contribution in [-0.2, 0) is 21.5 Å². The van der Waals surface area contributed by atoms with Crippen molar-refractivity contribution in [1.82, 2.24) is 14.3 Å². The lowest BCUT2D eigenvalue weighted by atomic mass is 9.88. The van der Waals surface area contributed by atoms with Gasteiger partial charge < -0.3 is 25.6 Å². The Bertz CT molecular complexity index is 2210. The molecule has 1 amide bonds. The minimum Gasteiger partial charge on any atom is -0.497 e. The van der Waals surface area contributed by atoms with E-state index >= 15 is 4.39 Å². The maximum Gasteiger partial charge on any atom is 0.323 e. The molecule has 2 atom stereocenters. The number of ether oxygens (including phenoxy) is 2. The predicted molar refractivity (Wildman–Crippen MR) is 184 cm³/mol. The molecule has 2 heterocycles. The average Bonchev–Trinajstić information content (AvgIpc) is 3.29. The molecule has 0 saturated heterocycles. The Labute approximate surface area is 286 Å². The van der Waals surface area contributed by atoms with E-state index in [4.69, 9.17) is 19.8 Å². The van der Waals surface area contributed by atoms with Crippen molar-refractivity contribution in [2.24, 2.45) is 11.7 Å². The number of methoxy groups -OCH3 is 1. The number of rotatable bonds is 10. The summed E-state index contributed by atoms with van der Waals surface area (Å²) < 4.78 is 55.0. The molecule has 5 N–H and O–H groups in total. The number of fused-ring (bicyclic) bond motifs is 1. The Morgan fingerprint density at radius 1 is 1.08 bits per heavy atom. The molecule has 3 aromatic carbocycles. The Morgan fingerprint density at radius 3 is 2.34 bits per heavy atom. The number of halogens is 1. The summed E-state index contributed by atoms with van der Waals surface area (Å²) in [5, 5.41) is 12.9. The normalized spacial score (nSPS) is 13.0. The smallest absolute Gasteiger partial charge is 0.323 e. The monoisotopic (exact) mass is 709 g/mol. The SMILES string of the molecule is COc1ccc2c(Oc3ccc(NC(=O)c4c(C)n(C[C@@H](C)[C@](C)(N)C(=O)O)n(-c5ccccc5)c4=O)cc3F)ccnc2c1.CS(=O)(=O)O. The molecule has 5 aromatic rings. The van der Waals surface area contributed by atoms with E-state index in [2.05, 4.69) is 10.3 Å². The van der Waals surface area contributed by atoms with Gasteiger partial charge in [-0.05, 0) is 56.3 Å². The first-order valence-electron chi connectivity index (χ1n) is 15.0. The molecule has 16 heteroatoms. The van der Waals surface area contributed by atoms with Gasteiger partial charge >= 0.3 is 5.97 Å². The fourth-order valence-electron chi connectivity index (χ4n) is 4.91. The summed E-state index contributed by atoms with van der Waals surface area (Å²) in [5.41, 5.74) is 5.13. The van der Waals surface area contributed by atoms with E-state index in [1.54, 1.807) is 75.6 Å². The molecule has 0 radical (unpaired) electrons. The van der Waals surface area contributed by atoms with Gasteiger partial charge in [0.1, 0.15) is 22.6 Å². The van der Waals surface area contributed by atoms with Crippen LogP contribution in [0.5, 0.6) is 17.2 Å². The molecule has 0 aliphatic carbocycles. The van der Waals surface area contributed by atoms with Crippen molar-refractivity contribution in [2.45, 2.75) is 32.9 Å². The van der Waals surface area contributed by atoms with Crippen LogP contribution in [0.4, 0.5) is 10.1 Å². The van der Waals surface area contributed by atoms with Crippen molar-refractivity contribution in [3.05, 3.63) is 106 Å². The molecule has 264 valence electrons. The van der Waals surface area contributed by atoms with E-state index in [0.717, 1.165) is 6.07 Å². The lowest BCUT2D eigenvalue weighted by molar-refractivity contribution is -0.144. The second-order valence-corrected chi connectivity index (χ2v) is 13.1. The Kier molecular flexibility index (Phi) is 11.1. The molecule has 0 unspecified atom stereocenters. The van der Waals surface area contributed by atoms with E-state index < -0.39 is 44.8 Å². The van der Waals surface area contributed by atoms with Gasteiger partial charge in [0.05, 0.1) is 30.3 Å². The molecule has 14 nitrogen and oxygen atoms in total. The zero-order chi connectivity index (χ0) is 37.0. The van der Waals surface area contributed by atoms with E-state index in [0.29, 0.717) is 34.3 Å². The third-order valence-corrected chi connectivity index (χ3v) is 7.88. The molecule has 0 bridgehead atoms. The first-order chi connectivity index (χ1) is 23.4. The minimum atomic E-state index is -3.67. The number of nitrogens with zero attached hydrogens (tertiary/aromatic N) is 3. The number of pyridine rings is 1. The lowest BCUT2D eigenvalue weighted by Crippen LogP contribution is -2.52. The number of hydrogen-bond donors (Lipinski definition) is 4. The van der Waals surface area contributed by atoms with Crippen LogP contribution in [0.25, 0.3) is 16.6 Å². The van der Waals surface area contributed by atoms with Crippen LogP contribution >= 0.6 is 0 Å². The second-order valence-electron chi connectivity index (χ2n) is 11.6. The predicted octanol–water partition coefficient (Wildman–Crippen LogP) is 4.63. The number of aromatic nitrogens is 3. The number of para-hydroxylation sites is 1. The summed E-state index contributed by atoms with van der Waals surface area (Å²) in [6.07, 6.45) is 2.25. The summed E-state index contributed by atoms with van der Waals surface area (Å²) in [6, 6.07) is 19.4. The molecule has 0 saturated carbocycles. The van der Waals surface area contributed by atoms with Crippen LogP contribution in [0.2, 0.25) is 0 Å². The van der Waals surface area contributed by atoms with Crippen molar-refractivity contribution < 1.29 is 41.5 Å². The Balaban J connectivity index is 0.00000105. The number of carboxylic acids is 1. The summed E-state index contributed by atoms with van der Waals surface area (Å²) in [7, 11) is -2.12. The van der Waals surface area contributed by atoms with Crippen LogP contribution in [-0.4, -0.2) is 63.2 Å². The van der Waals surface area contributed by atoms with Crippen LogP contribution in [0.3, 0.4) is 0 Å². The molecular formula is C34H36FN5O9S. The molecule has 5 rings (SSSR count). The highest BCUT2D eigenvalue weighted by Gasteiger charge is 2.36. The molecule has 0 aliphatic rings. The second kappa shape index (κ2) is 14.9. The van der Waals surface area contributed by atoms with Gasteiger partial charge in [0.25, 0.3) is 21.6 Å². The maximum absolute atomic E-state index is 15.2. The zero-order valence-electron chi connectivity index (χ0n) is 27.7. The van der Waals surface area contributed by atoms with Crippen molar-refractivity contribution in [1.29, 1.82) is 0 Å². The molecular weight excluding hydrogens is 673 g/mol. The van der Waals surface area contributed by atoms with Gasteiger partial charge in [-0.15, -0.1) is 0 Å². The fraction of sp³-hybridized carbons (Fsp3) is 0.235. The van der Waals surface area contributed by atoms with Crippen molar-refractivity contribution in [2.75, 3.05) is 18.7 Å². The van der Waals surface area contributed by atoms with Gasteiger partial charge in [0.2, 0.25) is 0 Å². The van der Waals surface area contributed by atoms with E-state index in [1.165, 1.54) is 34.6 Å². The highest BCUT2D eigenvalue weighted by atomic mass is 32.2. The quantitative estimate of drug-likeness (QED) is 0.147. The number of amides is 1. The third-order valence-electron chi connectivity index (χ3n) is 7.88. The largest absolute Gasteiger partial charge is 0.497 e.